The highest BCUT2D eigenvalue weighted by molar-refractivity contribution is 9.09. The molecule has 19 heavy (non-hydrogen) atoms. The maximum atomic E-state index is 4.20. The monoisotopic (exact) mass is 321 g/mol. The van der Waals surface area contributed by atoms with E-state index in [0.717, 1.165) is 17.8 Å². The summed E-state index contributed by atoms with van der Waals surface area (Å²) in [5.41, 5.74) is 3.52. The van der Waals surface area contributed by atoms with Crippen molar-refractivity contribution in [3.63, 3.8) is 0 Å². The maximum Gasteiger partial charge on any atom is 0.0967 e. The van der Waals surface area contributed by atoms with Crippen molar-refractivity contribution in [3.8, 4) is 5.69 Å². The van der Waals surface area contributed by atoms with Crippen molar-refractivity contribution >= 4 is 15.9 Å². The van der Waals surface area contributed by atoms with E-state index in [9.17, 15) is 0 Å². The highest BCUT2D eigenvalue weighted by atomic mass is 79.9. The zero-order valence-corrected chi connectivity index (χ0v) is 13.5. The fourth-order valence-corrected chi connectivity index (χ4v) is 2.08. The summed E-state index contributed by atoms with van der Waals surface area (Å²) in [5, 5.41) is 8.38. The molecule has 0 radical (unpaired) electrons. The summed E-state index contributed by atoms with van der Waals surface area (Å²) in [7, 11) is 0. The molecular weight excluding hydrogens is 302 g/mol. The second-order valence-corrected chi connectivity index (χ2v) is 6.87. The number of rotatable bonds is 3. The average Bonchev–Trinajstić information content (AvgIpc) is 2.86. The lowest BCUT2D eigenvalue weighted by Gasteiger charge is -2.19. The fourth-order valence-electron chi connectivity index (χ4n) is 1.87. The minimum atomic E-state index is 0.176. The van der Waals surface area contributed by atoms with E-state index in [1.165, 1.54) is 5.56 Å². The first kappa shape index (κ1) is 14.3. The summed E-state index contributed by atoms with van der Waals surface area (Å²) in [5.74, 6) is 0. The molecule has 2 rings (SSSR count). The van der Waals surface area contributed by atoms with E-state index < -0.39 is 0 Å². The van der Waals surface area contributed by atoms with Crippen LogP contribution in [0.4, 0.5) is 0 Å². The van der Waals surface area contributed by atoms with E-state index in [4.69, 9.17) is 0 Å². The average molecular weight is 322 g/mol. The van der Waals surface area contributed by atoms with Gasteiger partial charge in [-0.05, 0) is 29.5 Å². The SMILES string of the molecule is CCC(Br)c1cn(-c2ccc(C(C)(C)C)cc2)nn1. The molecule has 0 spiro atoms. The molecule has 1 heterocycles. The first-order valence-corrected chi connectivity index (χ1v) is 7.50. The summed E-state index contributed by atoms with van der Waals surface area (Å²) >= 11 is 3.59. The lowest BCUT2D eigenvalue weighted by molar-refractivity contribution is 0.590. The molecule has 0 fully saturated rings. The van der Waals surface area contributed by atoms with Crippen LogP contribution in [-0.4, -0.2) is 15.0 Å². The number of nitrogens with zero attached hydrogens (tertiary/aromatic N) is 3. The van der Waals surface area contributed by atoms with Gasteiger partial charge in [0.1, 0.15) is 0 Å². The Bertz CT molecular complexity index is 537. The van der Waals surface area contributed by atoms with Gasteiger partial charge >= 0.3 is 0 Å². The Balaban J connectivity index is 2.25. The molecule has 4 heteroatoms. The molecule has 0 saturated carbocycles. The van der Waals surface area contributed by atoms with Crippen LogP contribution in [0.2, 0.25) is 0 Å². The van der Waals surface area contributed by atoms with Gasteiger partial charge in [-0.1, -0.05) is 61.0 Å². The number of hydrogen-bond acceptors (Lipinski definition) is 2. The second-order valence-electron chi connectivity index (χ2n) is 5.76. The quantitative estimate of drug-likeness (QED) is 0.784. The maximum absolute atomic E-state index is 4.20. The molecule has 0 aliphatic carbocycles. The van der Waals surface area contributed by atoms with Gasteiger partial charge in [-0.15, -0.1) is 5.10 Å². The van der Waals surface area contributed by atoms with Gasteiger partial charge < -0.3 is 0 Å². The summed E-state index contributed by atoms with van der Waals surface area (Å²) < 4.78 is 1.83. The largest absolute Gasteiger partial charge is 0.220 e. The van der Waals surface area contributed by atoms with E-state index in [0.29, 0.717) is 0 Å². The molecule has 3 nitrogen and oxygen atoms in total. The second kappa shape index (κ2) is 5.45. The van der Waals surface area contributed by atoms with Crippen LogP contribution in [0.25, 0.3) is 5.69 Å². The lowest BCUT2D eigenvalue weighted by Crippen LogP contribution is -2.10. The molecule has 1 unspecified atom stereocenters. The van der Waals surface area contributed by atoms with Crippen LogP contribution < -0.4 is 0 Å². The molecule has 0 amide bonds. The molecule has 0 bridgehead atoms. The van der Waals surface area contributed by atoms with Crippen LogP contribution >= 0.6 is 15.9 Å². The highest BCUT2D eigenvalue weighted by Crippen LogP contribution is 2.25. The molecule has 1 aromatic heterocycles. The first-order chi connectivity index (χ1) is 8.91. The molecule has 2 aromatic rings. The van der Waals surface area contributed by atoms with Crippen molar-refractivity contribution in [2.45, 2.75) is 44.4 Å². The molecule has 0 aliphatic rings. The first-order valence-electron chi connectivity index (χ1n) is 6.59. The summed E-state index contributed by atoms with van der Waals surface area (Å²) in [4.78, 5) is 0.273. The van der Waals surface area contributed by atoms with Gasteiger partial charge in [-0.25, -0.2) is 4.68 Å². The minimum Gasteiger partial charge on any atom is -0.220 e. The normalized spacial score (nSPS) is 13.5. The standard InChI is InChI=1S/C15H20BrN3/c1-5-13(16)14-10-19(18-17-14)12-8-6-11(7-9-12)15(2,3)4/h6-10,13H,5H2,1-4H3. The van der Waals surface area contributed by atoms with E-state index >= 15 is 0 Å². The minimum absolute atomic E-state index is 0.176. The zero-order chi connectivity index (χ0) is 14.0. The van der Waals surface area contributed by atoms with Crippen molar-refractivity contribution in [1.29, 1.82) is 0 Å². The van der Waals surface area contributed by atoms with Gasteiger partial charge in [0.2, 0.25) is 0 Å². The van der Waals surface area contributed by atoms with Gasteiger partial charge in [0.05, 0.1) is 22.4 Å². The predicted octanol–water partition coefficient (Wildman–Crippen LogP) is 4.41. The van der Waals surface area contributed by atoms with Crippen molar-refractivity contribution < 1.29 is 0 Å². The molecule has 102 valence electrons. The Kier molecular flexibility index (Phi) is 4.09. The van der Waals surface area contributed by atoms with Gasteiger partial charge in [0.25, 0.3) is 0 Å². The van der Waals surface area contributed by atoms with Crippen LogP contribution in [0, 0.1) is 0 Å². The predicted molar refractivity (Wildman–Crippen MR) is 82.0 cm³/mol. The summed E-state index contributed by atoms with van der Waals surface area (Å²) in [6.07, 6.45) is 2.98. The smallest absolute Gasteiger partial charge is 0.0967 e. The van der Waals surface area contributed by atoms with Crippen LogP contribution in [-0.2, 0) is 5.41 Å². The molecule has 0 aliphatic heterocycles. The highest BCUT2D eigenvalue weighted by Gasteiger charge is 2.14. The molecule has 1 atom stereocenters. The topological polar surface area (TPSA) is 30.7 Å². The zero-order valence-electron chi connectivity index (χ0n) is 11.9. The van der Waals surface area contributed by atoms with Crippen molar-refractivity contribution in [3.05, 3.63) is 41.7 Å². The van der Waals surface area contributed by atoms with E-state index in [1.807, 2.05) is 10.9 Å². The Morgan fingerprint density at radius 2 is 1.84 bits per heavy atom. The number of benzene rings is 1. The number of hydrogen-bond donors (Lipinski definition) is 0. The lowest BCUT2D eigenvalue weighted by atomic mass is 9.87. The van der Waals surface area contributed by atoms with Gasteiger partial charge in [0.15, 0.2) is 0 Å². The van der Waals surface area contributed by atoms with Gasteiger partial charge in [-0.3, -0.25) is 0 Å². The van der Waals surface area contributed by atoms with Crippen LogP contribution in [0.3, 0.4) is 0 Å². The van der Waals surface area contributed by atoms with Gasteiger partial charge in [0, 0.05) is 0 Å². The molecule has 0 N–H and O–H groups in total. The third-order valence-electron chi connectivity index (χ3n) is 3.19. The molecule has 1 aromatic carbocycles. The van der Waals surface area contributed by atoms with E-state index in [-0.39, 0.29) is 10.2 Å². The fraction of sp³-hybridized carbons (Fsp3) is 0.467. The van der Waals surface area contributed by atoms with Gasteiger partial charge in [-0.2, -0.15) is 0 Å². The third kappa shape index (κ3) is 3.24. The van der Waals surface area contributed by atoms with Crippen molar-refractivity contribution in [2.24, 2.45) is 0 Å². The van der Waals surface area contributed by atoms with E-state index in [2.05, 4.69) is 78.2 Å². The number of alkyl halides is 1. The summed E-state index contributed by atoms with van der Waals surface area (Å²) in [6.45, 7) is 8.77. The Morgan fingerprint density at radius 3 is 2.37 bits per heavy atom. The number of halogens is 1. The number of aromatic nitrogens is 3. The molecule has 0 saturated heterocycles. The third-order valence-corrected chi connectivity index (χ3v) is 4.30. The molecular formula is C15H20BrN3. The van der Waals surface area contributed by atoms with Crippen LogP contribution in [0.1, 0.15) is 50.2 Å². The van der Waals surface area contributed by atoms with Crippen LogP contribution in [0.5, 0.6) is 0 Å². The van der Waals surface area contributed by atoms with E-state index in [1.54, 1.807) is 0 Å². The van der Waals surface area contributed by atoms with Crippen molar-refractivity contribution in [2.75, 3.05) is 0 Å². The summed E-state index contributed by atoms with van der Waals surface area (Å²) in [6, 6.07) is 8.49. The Morgan fingerprint density at radius 1 is 1.21 bits per heavy atom. The Hall–Kier alpha value is -1.16. The Labute approximate surface area is 123 Å². The van der Waals surface area contributed by atoms with Crippen LogP contribution in [0.15, 0.2) is 30.5 Å². The van der Waals surface area contributed by atoms with Crippen molar-refractivity contribution in [1.82, 2.24) is 15.0 Å².